The van der Waals surface area contributed by atoms with Gasteiger partial charge < -0.3 is 14.5 Å². The van der Waals surface area contributed by atoms with Gasteiger partial charge in [0.05, 0.1) is 10.0 Å². The minimum Gasteiger partial charge on any atom is -0.476 e. The number of likely N-dealkylation sites (N-methyl/N-ethyl adjacent to an activating group) is 2. The van der Waals surface area contributed by atoms with Gasteiger partial charge in [-0.2, -0.15) is 0 Å². The number of nitrogens with one attached hydrogen (secondary N) is 2. The van der Waals surface area contributed by atoms with Gasteiger partial charge in [-0.25, -0.2) is 4.98 Å². The number of para-hydroxylation sites is 1. The Morgan fingerprint density at radius 1 is 1.08 bits per heavy atom. The first-order chi connectivity index (χ1) is 18.0. The summed E-state index contributed by atoms with van der Waals surface area (Å²) in [4.78, 5) is 48.8. The molecule has 1 atom stereocenters. The van der Waals surface area contributed by atoms with Crippen LogP contribution in [0.25, 0.3) is 0 Å². The van der Waals surface area contributed by atoms with Crippen LogP contribution in [0.3, 0.4) is 0 Å². The number of benzene rings is 1. The summed E-state index contributed by atoms with van der Waals surface area (Å²) < 4.78 is 5.97. The van der Waals surface area contributed by atoms with Gasteiger partial charge in [0, 0.05) is 44.0 Å². The molecule has 10 nitrogen and oxygen atoms in total. The molecule has 12 heteroatoms. The third kappa shape index (κ3) is 6.63. The molecule has 2 saturated heterocycles. The molecule has 38 heavy (non-hydrogen) atoms. The molecule has 2 aliphatic heterocycles. The summed E-state index contributed by atoms with van der Waals surface area (Å²) >= 11 is 7.63. The van der Waals surface area contributed by atoms with Crippen LogP contribution < -0.4 is 15.6 Å². The third-order valence-corrected chi connectivity index (χ3v) is 8.38. The zero-order chi connectivity index (χ0) is 27.4. The smallest absolute Gasteiger partial charge is 0.289 e. The summed E-state index contributed by atoms with van der Waals surface area (Å²) in [5.41, 5.74) is 4.24. The molecule has 1 unspecified atom stereocenters. The number of hydrazine groups is 1. The topological polar surface area (TPSA) is 107 Å². The Morgan fingerprint density at radius 2 is 1.79 bits per heavy atom. The van der Waals surface area contributed by atoms with Crippen LogP contribution in [0, 0.1) is 0 Å². The van der Waals surface area contributed by atoms with Gasteiger partial charge in [-0.3, -0.25) is 30.1 Å². The highest BCUT2D eigenvalue weighted by atomic mass is 35.5. The van der Waals surface area contributed by atoms with Crippen molar-refractivity contribution < 1.29 is 19.1 Å². The maximum Gasteiger partial charge on any atom is 0.289 e. The van der Waals surface area contributed by atoms with Crippen molar-refractivity contribution in [1.29, 1.82) is 0 Å². The van der Waals surface area contributed by atoms with Crippen LogP contribution in [0.2, 0.25) is 5.02 Å². The summed E-state index contributed by atoms with van der Waals surface area (Å²) in [7, 11) is 3.87. The van der Waals surface area contributed by atoms with E-state index in [9.17, 15) is 14.4 Å². The molecule has 1 aromatic heterocycles. The van der Waals surface area contributed by atoms with Gasteiger partial charge in [-0.15, -0.1) is 11.3 Å². The number of thiazole rings is 1. The number of nitrogens with zero attached hydrogens (tertiary/aromatic N) is 4. The van der Waals surface area contributed by atoms with Gasteiger partial charge in [-0.05, 0) is 52.9 Å². The van der Waals surface area contributed by atoms with E-state index in [0.29, 0.717) is 30.4 Å². The van der Waals surface area contributed by atoms with E-state index in [4.69, 9.17) is 16.3 Å². The molecule has 0 spiro atoms. The van der Waals surface area contributed by atoms with Gasteiger partial charge in [-0.1, -0.05) is 23.7 Å². The highest BCUT2D eigenvalue weighted by molar-refractivity contribution is 7.09. The van der Waals surface area contributed by atoms with E-state index in [1.165, 1.54) is 11.3 Å². The fourth-order valence-corrected chi connectivity index (χ4v) is 5.84. The number of ether oxygens (including phenoxy) is 1. The molecule has 2 aliphatic rings. The van der Waals surface area contributed by atoms with E-state index in [-0.39, 0.29) is 29.5 Å². The maximum atomic E-state index is 13.2. The van der Waals surface area contributed by atoms with Gasteiger partial charge in [0.25, 0.3) is 17.7 Å². The molecule has 2 aromatic rings. The molecule has 2 fully saturated rings. The fraction of sp³-hybridized carbons (Fsp3) is 0.538. The monoisotopic (exact) mass is 562 g/mol. The summed E-state index contributed by atoms with van der Waals surface area (Å²) in [6.07, 6.45) is 1.47. The Labute approximate surface area is 232 Å². The quantitative estimate of drug-likeness (QED) is 0.521. The number of hydrogen-bond acceptors (Lipinski definition) is 8. The van der Waals surface area contributed by atoms with Crippen molar-refractivity contribution in [3.8, 4) is 5.75 Å². The molecule has 0 radical (unpaired) electrons. The first-order valence-corrected chi connectivity index (χ1v) is 14.0. The van der Waals surface area contributed by atoms with Gasteiger partial charge >= 0.3 is 0 Å². The van der Waals surface area contributed by atoms with Crippen LogP contribution in [0.4, 0.5) is 0 Å². The van der Waals surface area contributed by atoms with E-state index in [1.807, 2.05) is 36.0 Å². The first kappa shape index (κ1) is 28.3. The minimum atomic E-state index is -1.06. The van der Waals surface area contributed by atoms with Crippen LogP contribution in [-0.4, -0.2) is 95.9 Å². The van der Waals surface area contributed by atoms with E-state index >= 15 is 0 Å². The number of piperazine rings is 1. The summed E-state index contributed by atoms with van der Waals surface area (Å²) in [5, 5.41) is 3.02. The Hall–Kier alpha value is -2.73. The number of carbonyl (C=O) groups excluding carboxylic acids is 3. The zero-order valence-corrected chi connectivity index (χ0v) is 23.8. The van der Waals surface area contributed by atoms with Crippen molar-refractivity contribution in [2.45, 2.75) is 44.2 Å². The maximum absolute atomic E-state index is 13.2. The second-order valence-electron chi connectivity index (χ2n) is 10.4. The van der Waals surface area contributed by atoms with Gasteiger partial charge in [0.15, 0.2) is 5.60 Å². The average molecular weight is 563 g/mol. The van der Waals surface area contributed by atoms with Crippen LogP contribution in [-0.2, 0) is 9.59 Å². The Morgan fingerprint density at radius 3 is 2.50 bits per heavy atom. The van der Waals surface area contributed by atoms with Crippen LogP contribution in [0.15, 0.2) is 29.6 Å². The minimum absolute atomic E-state index is 0.0966. The Bertz CT molecular complexity index is 1170. The van der Waals surface area contributed by atoms with Crippen LogP contribution in [0.1, 0.15) is 48.1 Å². The molecule has 0 saturated carbocycles. The lowest BCUT2D eigenvalue weighted by Crippen LogP contribution is -2.59. The lowest BCUT2D eigenvalue weighted by molar-refractivity contribution is -0.146. The van der Waals surface area contributed by atoms with Crippen LogP contribution >= 0.6 is 22.9 Å². The average Bonchev–Trinajstić information content (AvgIpc) is 3.40. The van der Waals surface area contributed by atoms with Crippen LogP contribution in [0.5, 0.6) is 5.75 Å². The first-order valence-electron chi connectivity index (χ1n) is 12.7. The fourth-order valence-electron chi connectivity index (χ4n) is 4.69. The van der Waals surface area contributed by atoms with Crippen molar-refractivity contribution in [3.63, 3.8) is 0 Å². The molecule has 206 valence electrons. The molecule has 1 aromatic carbocycles. The number of piperidine rings is 1. The number of rotatable bonds is 6. The number of amides is 3. The standard InChI is InChI=1S/C26H35ClN6O4S/c1-26(2,37-21-8-6-5-7-18(21)27)25(36)33-11-9-17(10-12-33)24-28-19(16-38-24)22(34)29-30-23(35)20-15-31(3)13-14-32(20)4/h5-8,16-17,20H,9-15H2,1-4H3,(H,29,34)(H,30,35). The molecule has 3 amide bonds. The SMILES string of the molecule is CN1CCN(C)C(C(=O)NNC(=O)c2csc(C3CCN(C(=O)C(C)(C)Oc4ccccc4Cl)CC3)n2)C1. The molecule has 4 rings (SSSR count). The largest absolute Gasteiger partial charge is 0.476 e. The lowest BCUT2D eigenvalue weighted by atomic mass is 9.96. The van der Waals surface area contributed by atoms with Crippen molar-refractivity contribution in [2.24, 2.45) is 0 Å². The Kier molecular flexibility index (Phi) is 8.92. The van der Waals surface area contributed by atoms with Crippen molar-refractivity contribution in [1.82, 2.24) is 30.5 Å². The van der Waals surface area contributed by atoms with Crippen molar-refractivity contribution in [3.05, 3.63) is 45.4 Å². The molecule has 0 bridgehead atoms. The molecule has 3 heterocycles. The van der Waals surface area contributed by atoms with E-state index in [2.05, 4.69) is 20.7 Å². The Balaban J connectivity index is 1.27. The van der Waals surface area contributed by atoms with E-state index in [0.717, 1.165) is 30.9 Å². The van der Waals surface area contributed by atoms with Crippen molar-refractivity contribution >= 4 is 40.7 Å². The summed E-state index contributed by atoms with van der Waals surface area (Å²) in [6.45, 7) is 6.92. The summed E-state index contributed by atoms with van der Waals surface area (Å²) in [6, 6.07) is 6.78. The second kappa shape index (κ2) is 12.0. The van der Waals surface area contributed by atoms with E-state index < -0.39 is 11.5 Å². The number of aromatic nitrogens is 1. The summed E-state index contributed by atoms with van der Waals surface area (Å²) in [5.74, 6) is -0.162. The molecular formula is C26H35ClN6O4S. The lowest BCUT2D eigenvalue weighted by Gasteiger charge is -2.36. The molecule has 0 aliphatic carbocycles. The number of halogens is 1. The third-order valence-electron chi connectivity index (χ3n) is 7.06. The highest BCUT2D eigenvalue weighted by Crippen LogP contribution is 2.33. The predicted molar refractivity (Wildman–Crippen MR) is 146 cm³/mol. The number of carbonyl (C=O) groups is 3. The molecular weight excluding hydrogens is 528 g/mol. The van der Waals surface area contributed by atoms with Crippen molar-refractivity contribution in [2.75, 3.05) is 46.8 Å². The zero-order valence-electron chi connectivity index (χ0n) is 22.2. The van der Waals surface area contributed by atoms with E-state index in [1.54, 1.807) is 31.4 Å². The second-order valence-corrected chi connectivity index (χ2v) is 11.7. The highest BCUT2D eigenvalue weighted by Gasteiger charge is 2.37. The van der Waals surface area contributed by atoms with Gasteiger partial charge in [0.1, 0.15) is 17.5 Å². The number of hydrogen-bond donors (Lipinski definition) is 2. The number of likely N-dealkylation sites (tertiary alicyclic amines) is 1. The van der Waals surface area contributed by atoms with Gasteiger partial charge in [0.2, 0.25) is 0 Å². The molecule has 2 N–H and O–H groups in total. The predicted octanol–water partition coefficient (Wildman–Crippen LogP) is 2.37. The normalized spacial score (nSPS) is 19.7.